The van der Waals surface area contributed by atoms with Crippen LogP contribution in [0.5, 0.6) is 5.75 Å². The Morgan fingerprint density at radius 3 is 2.62 bits per heavy atom. The summed E-state index contributed by atoms with van der Waals surface area (Å²) < 4.78 is 5.17. The summed E-state index contributed by atoms with van der Waals surface area (Å²) in [5.41, 5.74) is 0.629. The zero-order valence-electron chi connectivity index (χ0n) is 10.3. The Labute approximate surface area is 97.3 Å². The number of ether oxygens (including phenoxy) is 1. The maximum atomic E-state index is 9.22. The molecule has 1 atom stereocenters. The van der Waals surface area contributed by atoms with Crippen LogP contribution in [0.25, 0.3) is 0 Å². The molecule has 3 heteroatoms. The molecule has 0 aromatic heterocycles. The van der Waals surface area contributed by atoms with Gasteiger partial charge in [-0.25, -0.2) is 0 Å². The lowest BCUT2D eigenvalue weighted by atomic mass is 9.93. The minimum atomic E-state index is -0.480. The second-order valence-corrected chi connectivity index (χ2v) is 4.31. The molecule has 1 unspecified atom stereocenters. The van der Waals surface area contributed by atoms with Gasteiger partial charge in [-0.1, -0.05) is 12.1 Å². The average Bonchev–Trinajstić information content (AvgIpc) is 2.29. The number of nitrogens with zero attached hydrogens (tertiary/aromatic N) is 2. The molecule has 0 aliphatic rings. The Morgan fingerprint density at radius 1 is 1.44 bits per heavy atom. The molecule has 16 heavy (non-hydrogen) atoms. The number of rotatable bonds is 4. The summed E-state index contributed by atoms with van der Waals surface area (Å²) in [4.78, 5) is 1.94. The van der Waals surface area contributed by atoms with Crippen molar-refractivity contribution in [2.24, 2.45) is 0 Å². The van der Waals surface area contributed by atoms with Crippen LogP contribution in [0.3, 0.4) is 0 Å². The Bertz CT molecular complexity index is 395. The monoisotopic (exact) mass is 218 g/mol. The number of hydrogen-bond acceptors (Lipinski definition) is 3. The summed E-state index contributed by atoms with van der Waals surface area (Å²) in [5.74, 6) is 0.830. The van der Waals surface area contributed by atoms with E-state index >= 15 is 0 Å². The van der Waals surface area contributed by atoms with Gasteiger partial charge in [-0.2, -0.15) is 5.26 Å². The molecule has 0 saturated carbocycles. The van der Waals surface area contributed by atoms with E-state index in [0.717, 1.165) is 11.3 Å². The lowest BCUT2D eigenvalue weighted by molar-refractivity contribution is 0.236. The first-order valence-corrected chi connectivity index (χ1v) is 5.23. The fourth-order valence-corrected chi connectivity index (χ4v) is 1.48. The first-order chi connectivity index (χ1) is 7.51. The van der Waals surface area contributed by atoms with E-state index in [-0.39, 0.29) is 0 Å². The predicted molar refractivity (Wildman–Crippen MR) is 64.4 cm³/mol. The van der Waals surface area contributed by atoms with Gasteiger partial charge in [0.15, 0.2) is 0 Å². The highest BCUT2D eigenvalue weighted by Gasteiger charge is 2.26. The molecule has 0 aliphatic heterocycles. The number of nitriles is 1. The summed E-state index contributed by atoms with van der Waals surface area (Å²) in [6.45, 7) is 1.94. The maximum absolute atomic E-state index is 9.22. The van der Waals surface area contributed by atoms with Gasteiger partial charge >= 0.3 is 0 Å². The molecule has 1 aromatic carbocycles. The number of methoxy groups -OCH3 is 1. The van der Waals surface area contributed by atoms with Crippen LogP contribution in [-0.2, 0) is 6.42 Å². The lowest BCUT2D eigenvalue weighted by Gasteiger charge is -2.29. The van der Waals surface area contributed by atoms with Gasteiger partial charge in [-0.3, -0.25) is 4.90 Å². The van der Waals surface area contributed by atoms with E-state index in [2.05, 4.69) is 6.07 Å². The topological polar surface area (TPSA) is 36.3 Å². The summed E-state index contributed by atoms with van der Waals surface area (Å²) >= 11 is 0. The van der Waals surface area contributed by atoms with Crippen molar-refractivity contribution in [3.8, 4) is 11.8 Å². The van der Waals surface area contributed by atoms with Gasteiger partial charge in [0.05, 0.1) is 13.2 Å². The van der Waals surface area contributed by atoms with Gasteiger partial charge in [0.2, 0.25) is 0 Å². The Hall–Kier alpha value is -1.53. The number of hydrogen-bond donors (Lipinski definition) is 0. The van der Waals surface area contributed by atoms with E-state index in [1.165, 1.54) is 0 Å². The van der Waals surface area contributed by atoms with Crippen LogP contribution < -0.4 is 4.74 Å². The van der Waals surface area contributed by atoms with Crippen molar-refractivity contribution in [2.75, 3.05) is 21.2 Å². The molecule has 0 spiro atoms. The molecule has 0 radical (unpaired) electrons. The zero-order chi connectivity index (χ0) is 12.2. The van der Waals surface area contributed by atoms with Gasteiger partial charge in [0.1, 0.15) is 11.3 Å². The molecule has 0 N–H and O–H groups in total. The van der Waals surface area contributed by atoms with Crippen molar-refractivity contribution in [2.45, 2.75) is 18.9 Å². The Kier molecular flexibility index (Phi) is 3.92. The largest absolute Gasteiger partial charge is 0.497 e. The molecule has 0 saturated heterocycles. The van der Waals surface area contributed by atoms with Gasteiger partial charge in [0, 0.05) is 6.42 Å². The number of benzene rings is 1. The van der Waals surface area contributed by atoms with Crippen LogP contribution in [0.15, 0.2) is 24.3 Å². The van der Waals surface area contributed by atoms with Crippen molar-refractivity contribution < 1.29 is 4.74 Å². The van der Waals surface area contributed by atoms with Gasteiger partial charge in [-0.05, 0) is 38.7 Å². The lowest BCUT2D eigenvalue weighted by Crippen LogP contribution is -2.41. The van der Waals surface area contributed by atoms with Crippen LogP contribution >= 0.6 is 0 Å². The molecule has 1 aromatic rings. The quantitative estimate of drug-likeness (QED) is 0.776. The van der Waals surface area contributed by atoms with E-state index < -0.39 is 5.54 Å². The van der Waals surface area contributed by atoms with Crippen molar-refractivity contribution in [1.29, 1.82) is 5.26 Å². The third kappa shape index (κ3) is 2.74. The summed E-state index contributed by atoms with van der Waals surface area (Å²) in [7, 11) is 5.49. The van der Waals surface area contributed by atoms with E-state index in [0.29, 0.717) is 6.42 Å². The minimum absolute atomic E-state index is 0.480. The van der Waals surface area contributed by atoms with Gasteiger partial charge in [-0.15, -0.1) is 0 Å². The zero-order valence-corrected chi connectivity index (χ0v) is 10.3. The first-order valence-electron chi connectivity index (χ1n) is 5.23. The Balaban J connectivity index is 2.91. The molecule has 0 fully saturated rings. The highest BCUT2D eigenvalue weighted by atomic mass is 16.5. The van der Waals surface area contributed by atoms with Crippen LogP contribution in [0.2, 0.25) is 0 Å². The minimum Gasteiger partial charge on any atom is -0.497 e. The van der Waals surface area contributed by atoms with Crippen molar-refractivity contribution in [3.05, 3.63) is 29.8 Å². The molecular weight excluding hydrogens is 200 g/mol. The summed E-state index contributed by atoms with van der Waals surface area (Å²) in [6.07, 6.45) is 0.688. The Morgan fingerprint density at radius 2 is 2.12 bits per heavy atom. The van der Waals surface area contributed by atoms with Crippen LogP contribution in [-0.4, -0.2) is 31.6 Å². The standard InChI is InChI=1S/C13H18N2O/c1-13(10-14,15(2)3)9-11-6-5-7-12(8-11)16-4/h5-8H,9H2,1-4H3. The second-order valence-electron chi connectivity index (χ2n) is 4.31. The molecule has 1 rings (SSSR count). The van der Waals surface area contributed by atoms with E-state index in [9.17, 15) is 5.26 Å². The smallest absolute Gasteiger partial charge is 0.119 e. The van der Waals surface area contributed by atoms with Gasteiger partial charge < -0.3 is 4.74 Å². The highest BCUT2D eigenvalue weighted by Crippen LogP contribution is 2.20. The normalized spacial score (nSPS) is 14.2. The molecular formula is C13H18N2O. The molecule has 0 heterocycles. The van der Waals surface area contributed by atoms with E-state index in [1.54, 1.807) is 7.11 Å². The highest BCUT2D eigenvalue weighted by molar-refractivity contribution is 5.30. The molecule has 86 valence electrons. The fourth-order valence-electron chi connectivity index (χ4n) is 1.48. The first kappa shape index (κ1) is 12.5. The van der Waals surface area contributed by atoms with Gasteiger partial charge in [0.25, 0.3) is 0 Å². The summed E-state index contributed by atoms with van der Waals surface area (Å²) in [5, 5.41) is 9.22. The fraction of sp³-hybridized carbons (Fsp3) is 0.462. The van der Waals surface area contributed by atoms with E-state index in [1.807, 2.05) is 50.2 Å². The SMILES string of the molecule is COc1cccc(CC(C)(C#N)N(C)C)c1. The van der Waals surface area contributed by atoms with Crippen molar-refractivity contribution >= 4 is 0 Å². The predicted octanol–water partition coefficient (Wildman–Crippen LogP) is 2.08. The van der Waals surface area contributed by atoms with Crippen molar-refractivity contribution in [1.82, 2.24) is 4.90 Å². The molecule has 0 bridgehead atoms. The molecule has 0 aliphatic carbocycles. The number of likely N-dealkylation sites (N-methyl/N-ethyl adjacent to an activating group) is 1. The molecule has 3 nitrogen and oxygen atoms in total. The summed E-state index contributed by atoms with van der Waals surface area (Å²) in [6, 6.07) is 10.2. The third-order valence-electron chi connectivity index (χ3n) is 2.91. The van der Waals surface area contributed by atoms with Crippen LogP contribution in [0.4, 0.5) is 0 Å². The third-order valence-corrected chi connectivity index (χ3v) is 2.91. The second kappa shape index (κ2) is 5.00. The van der Waals surface area contributed by atoms with Crippen LogP contribution in [0, 0.1) is 11.3 Å². The van der Waals surface area contributed by atoms with Crippen molar-refractivity contribution in [3.63, 3.8) is 0 Å². The molecule has 0 amide bonds. The van der Waals surface area contributed by atoms with E-state index in [4.69, 9.17) is 4.74 Å². The average molecular weight is 218 g/mol. The van der Waals surface area contributed by atoms with Crippen LogP contribution in [0.1, 0.15) is 12.5 Å². The maximum Gasteiger partial charge on any atom is 0.119 e.